The van der Waals surface area contributed by atoms with Crippen LogP contribution < -0.4 is 10.5 Å². The van der Waals surface area contributed by atoms with Crippen LogP contribution in [0.4, 0.5) is 5.69 Å². The van der Waals surface area contributed by atoms with Crippen molar-refractivity contribution in [2.45, 2.75) is 6.92 Å². The molecule has 2 N–H and O–H groups in total. The van der Waals surface area contributed by atoms with Crippen LogP contribution in [0.5, 0.6) is 5.88 Å². The van der Waals surface area contributed by atoms with Crippen molar-refractivity contribution in [3.63, 3.8) is 0 Å². The van der Waals surface area contributed by atoms with E-state index in [1.54, 1.807) is 19.4 Å². The van der Waals surface area contributed by atoms with Gasteiger partial charge in [-0.1, -0.05) is 0 Å². The third kappa shape index (κ3) is 4.46. The highest BCUT2D eigenvalue weighted by Crippen LogP contribution is 2.15. The summed E-state index contributed by atoms with van der Waals surface area (Å²) in [7, 11) is 1.64. The summed E-state index contributed by atoms with van der Waals surface area (Å²) >= 11 is 0. The first-order valence-electron chi connectivity index (χ1n) is 5.15. The summed E-state index contributed by atoms with van der Waals surface area (Å²) in [6.07, 6.45) is 1.69. The number of nitrogens with zero attached hydrogens (tertiary/aromatic N) is 1. The van der Waals surface area contributed by atoms with E-state index in [2.05, 4.69) is 4.98 Å². The Labute approximate surface area is 95.5 Å². The predicted octanol–water partition coefficient (Wildman–Crippen LogP) is 1.01. The third-order valence-electron chi connectivity index (χ3n) is 2.03. The zero-order valence-electron chi connectivity index (χ0n) is 9.73. The van der Waals surface area contributed by atoms with Gasteiger partial charge < -0.3 is 19.9 Å². The van der Waals surface area contributed by atoms with Crippen LogP contribution in [0.3, 0.4) is 0 Å². The Morgan fingerprint density at radius 2 is 2.00 bits per heavy atom. The molecule has 0 aliphatic heterocycles. The maximum absolute atomic E-state index is 5.72. The summed E-state index contributed by atoms with van der Waals surface area (Å²) < 4.78 is 15.4. The predicted molar refractivity (Wildman–Crippen MR) is 61.6 cm³/mol. The molecular formula is C11H18N2O3. The molecule has 5 nitrogen and oxygen atoms in total. The van der Waals surface area contributed by atoms with E-state index in [4.69, 9.17) is 19.9 Å². The SMILES string of the molecule is COCCOCCOc1cc(N)c(C)cn1. The van der Waals surface area contributed by atoms with E-state index in [-0.39, 0.29) is 0 Å². The van der Waals surface area contributed by atoms with E-state index >= 15 is 0 Å². The molecule has 90 valence electrons. The van der Waals surface area contributed by atoms with E-state index in [0.717, 1.165) is 5.56 Å². The van der Waals surface area contributed by atoms with Crippen LogP contribution in [-0.4, -0.2) is 38.5 Å². The molecule has 1 heterocycles. The quantitative estimate of drug-likeness (QED) is 0.703. The summed E-state index contributed by atoms with van der Waals surface area (Å²) in [5.74, 6) is 0.526. The van der Waals surface area contributed by atoms with Gasteiger partial charge in [0.1, 0.15) is 6.61 Å². The van der Waals surface area contributed by atoms with E-state index in [9.17, 15) is 0 Å². The number of anilines is 1. The Morgan fingerprint density at radius 1 is 1.25 bits per heavy atom. The molecule has 0 amide bonds. The van der Waals surface area contributed by atoms with Gasteiger partial charge in [-0.15, -0.1) is 0 Å². The van der Waals surface area contributed by atoms with Crippen LogP contribution >= 0.6 is 0 Å². The fourth-order valence-corrected chi connectivity index (χ4v) is 1.05. The molecule has 0 radical (unpaired) electrons. The van der Waals surface area contributed by atoms with Crippen molar-refractivity contribution in [2.75, 3.05) is 39.3 Å². The van der Waals surface area contributed by atoms with Crippen molar-refractivity contribution in [3.05, 3.63) is 17.8 Å². The fraction of sp³-hybridized carbons (Fsp3) is 0.545. The molecule has 5 heteroatoms. The van der Waals surface area contributed by atoms with Gasteiger partial charge in [0.15, 0.2) is 0 Å². The molecule has 0 fully saturated rings. The van der Waals surface area contributed by atoms with E-state index in [0.29, 0.717) is 38.0 Å². The Hall–Kier alpha value is -1.33. The minimum absolute atomic E-state index is 0.458. The Kier molecular flexibility index (Phi) is 5.60. The monoisotopic (exact) mass is 226 g/mol. The number of nitrogen functional groups attached to an aromatic ring is 1. The number of pyridine rings is 1. The van der Waals surface area contributed by atoms with Crippen molar-refractivity contribution in [3.8, 4) is 5.88 Å². The lowest BCUT2D eigenvalue weighted by atomic mass is 10.3. The second kappa shape index (κ2) is 7.03. The van der Waals surface area contributed by atoms with Gasteiger partial charge in [0.25, 0.3) is 0 Å². The average molecular weight is 226 g/mol. The first kappa shape index (κ1) is 12.7. The molecule has 0 aliphatic rings. The fourth-order valence-electron chi connectivity index (χ4n) is 1.05. The van der Waals surface area contributed by atoms with Gasteiger partial charge in [-0.05, 0) is 12.5 Å². The molecule has 1 aromatic rings. The van der Waals surface area contributed by atoms with Gasteiger partial charge in [0.05, 0.1) is 19.8 Å². The average Bonchev–Trinajstić information content (AvgIpc) is 2.28. The van der Waals surface area contributed by atoms with Crippen LogP contribution in [0.25, 0.3) is 0 Å². The van der Waals surface area contributed by atoms with Gasteiger partial charge >= 0.3 is 0 Å². The molecule has 0 aliphatic carbocycles. The van der Waals surface area contributed by atoms with Crippen molar-refractivity contribution >= 4 is 5.69 Å². The third-order valence-corrected chi connectivity index (χ3v) is 2.03. The smallest absolute Gasteiger partial charge is 0.215 e. The maximum Gasteiger partial charge on any atom is 0.215 e. The van der Waals surface area contributed by atoms with Crippen LogP contribution in [-0.2, 0) is 9.47 Å². The number of methoxy groups -OCH3 is 1. The number of rotatable bonds is 7. The molecule has 1 rings (SSSR count). The Balaban J connectivity index is 2.19. The number of aryl methyl sites for hydroxylation is 1. The van der Waals surface area contributed by atoms with Crippen molar-refractivity contribution < 1.29 is 14.2 Å². The molecule has 0 saturated carbocycles. The lowest BCUT2D eigenvalue weighted by Crippen LogP contribution is -2.10. The van der Waals surface area contributed by atoms with Crippen molar-refractivity contribution in [1.82, 2.24) is 4.98 Å². The number of hydrogen-bond donors (Lipinski definition) is 1. The lowest BCUT2D eigenvalue weighted by molar-refractivity contribution is 0.0537. The minimum atomic E-state index is 0.458. The molecule has 16 heavy (non-hydrogen) atoms. The highest BCUT2D eigenvalue weighted by atomic mass is 16.5. The van der Waals surface area contributed by atoms with Gasteiger partial charge in [-0.2, -0.15) is 0 Å². The molecule has 0 bridgehead atoms. The standard InChI is InChI=1S/C11H18N2O3/c1-9-8-13-11(7-10(9)12)16-6-5-15-4-3-14-2/h7-8H,3-6H2,1-2H3,(H2,12,13). The maximum atomic E-state index is 5.72. The summed E-state index contributed by atoms with van der Waals surface area (Å²) in [6.45, 7) is 4.04. The zero-order chi connectivity index (χ0) is 11.8. The number of hydrogen-bond acceptors (Lipinski definition) is 5. The van der Waals surface area contributed by atoms with Crippen molar-refractivity contribution in [1.29, 1.82) is 0 Å². The summed E-state index contributed by atoms with van der Waals surface area (Å²) in [6, 6.07) is 1.71. The summed E-state index contributed by atoms with van der Waals surface area (Å²) in [5, 5.41) is 0. The van der Waals surface area contributed by atoms with E-state index in [1.165, 1.54) is 0 Å². The Bertz CT molecular complexity index is 318. The molecule has 0 unspecified atom stereocenters. The number of aromatic nitrogens is 1. The molecular weight excluding hydrogens is 208 g/mol. The Morgan fingerprint density at radius 3 is 2.69 bits per heavy atom. The molecule has 0 aromatic carbocycles. The summed E-state index contributed by atoms with van der Waals surface area (Å²) in [5.41, 5.74) is 7.36. The largest absolute Gasteiger partial charge is 0.475 e. The van der Waals surface area contributed by atoms with Crippen LogP contribution in [0.1, 0.15) is 5.56 Å². The van der Waals surface area contributed by atoms with Crippen LogP contribution in [0.15, 0.2) is 12.3 Å². The molecule has 0 spiro atoms. The van der Waals surface area contributed by atoms with Crippen LogP contribution in [0.2, 0.25) is 0 Å². The summed E-state index contributed by atoms with van der Waals surface area (Å²) in [4.78, 5) is 4.09. The van der Waals surface area contributed by atoms with Gasteiger partial charge in [-0.25, -0.2) is 4.98 Å². The number of nitrogens with two attached hydrogens (primary N) is 1. The molecule has 0 saturated heterocycles. The van der Waals surface area contributed by atoms with Crippen LogP contribution in [0, 0.1) is 6.92 Å². The highest BCUT2D eigenvalue weighted by Gasteiger charge is 1.99. The zero-order valence-corrected chi connectivity index (χ0v) is 9.73. The van der Waals surface area contributed by atoms with E-state index in [1.807, 2.05) is 6.92 Å². The first-order valence-corrected chi connectivity index (χ1v) is 5.15. The molecule has 1 aromatic heterocycles. The minimum Gasteiger partial charge on any atom is -0.475 e. The second-order valence-corrected chi connectivity index (χ2v) is 3.33. The number of ether oxygens (including phenoxy) is 3. The van der Waals surface area contributed by atoms with E-state index < -0.39 is 0 Å². The lowest BCUT2D eigenvalue weighted by Gasteiger charge is -2.07. The van der Waals surface area contributed by atoms with Gasteiger partial charge in [-0.3, -0.25) is 0 Å². The normalized spacial score (nSPS) is 10.4. The first-order chi connectivity index (χ1) is 7.74. The van der Waals surface area contributed by atoms with Gasteiger partial charge in [0.2, 0.25) is 5.88 Å². The van der Waals surface area contributed by atoms with Gasteiger partial charge in [0, 0.05) is 25.1 Å². The second-order valence-electron chi connectivity index (χ2n) is 3.33. The highest BCUT2D eigenvalue weighted by molar-refractivity contribution is 5.46. The van der Waals surface area contributed by atoms with Crippen molar-refractivity contribution in [2.24, 2.45) is 0 Å². The molecule has 0 atom stereocenters. The topological polar surface area (TPSA) is 66.6 Å².